The first-order chi connectivity index (χ1) is 15.3. The lowest BCUT2D eigenvalue weighted by molar-refractivity contribution is -0.144. The molecule has 1 aliphatic heterocycles. The summed E-state index contributed by atoms with van der Waals surface area (Å²) in [5.41, 5.74) is 5.39. The second-order valence-corrected chi connectivity index (χ2v) is 9.89. The van der Waals surface area contributed by atoms with Crippen LogP contribution in [0.15, 0.2) is 58.5 Å². The lowest BCUT2D eigenvalue weighted by Crippen LogP contribution is -2.37. The highest BCUT2D eigenvalue weighted by Gasteiger charge is 2.29. The number of primary amides is 1. The Morgan fingerprint density at radius 3 is 2.62 bits per heavy atom. The van der Waals surface area contributed by atoms with Crippen LogP contribution in [0.25, 0.3) is 0 Å². The Kier molecular flexibility index (Phi) is 8.26. The lowest BCUT2D eigenvalue weighted by atomic mass is 10.00. The number of hydrogen-bond acceptors (Lipinski definition) is 8. The highest BCUT2D eigenvalue weighted by molar-refractivity contribution is 7.89. The maximum atomic E-state index is 13.0. The van der Waals surface area contributed by atoms with E-state index >= 15 is 0 Å². The smallest absolute Gasteiger partial charge is 0.283 e. The van der Waals surface area contributed by atoms with Crippen LogP contribution in [0.5, 0.6) is 5.75 Å². The van der Waals surface area contributed by atoms with Crippen LogP contribution < -0.4 is 10.5 Å². The predicted molar refractivity (Wildman–Crippen MR) is 119 cm³/mol. The molecule has 1 aromatic heterocycles. The lowest BCUT2D eigenvalue weighted by Gasteiger charge is -2.29. The van der Waals surface area contributed by atoms with Crippen LogP contribution in [0, 0.1) is 0 Å². The first kappa shape index (κ1) is 24.2. The first-order valence-corrected chi connectivity index (χ1v) is 12.3. The molecule has 0 bridgehead atoms. The molecule has 3 N–H and O–H groups in total. The number of nitrogens with zero attached hydrogens (tertiary/aromatic N) is 1. The van der Waals surface area contributed by atoms with Crippen LogP contribution in [0.2, 0.25) is 0 Å². The number of aliphatic hydroxyl groups is 1. The van der Waals surface area contributed by atoms with E-state index < -0.39 is 22.2 Å². The maximum absolute atomic E-state index is 13.0. The minimum absolute atomic E-state index is 0.00323. The van der Waals surface area contributed by atoms with Gasteiger partial charge in [-0.3, -0.25) is 4.79 Å². The molecule has 0 saturated carbocycles. The number of aliphatic hydroxyl groups excluding tert-OH is 1. The van der Waals surface area contributed by atoms with E-state index in [4.69, 9.17) is 19.9 Å². The average Bonchev–Trinajstić information content (AvgIpc) is 3.33. The second-order valence-electron chi connectivity index (χ2n) is 6.97. The fraction of sp³-hybridized carbons (Fsp3) is 0.381. The Morgan fingerprint density at radius 1 is 1.28 bits per heavy atom. The number of hydrogen-bond donors (Lipinski definition) is 2. The van der Waals surface area contributed by atoms with Gasteiger partial charge in [-0.2, -0.15) is 4.31 Å². The summed E-state index contributed by atoms with van der Waals surface area (Å²) in [5, 5.41) is 11.3. The van der Waals surface area contributed by atoms with E-state index in [-0.39, 0.29) is 42.9 Å². The van der Waals surface area contributed by atoms with Crippen molar-refractivity contribution < 1.29 is 32.5 Å². The van der Waals surface area contributed by atoms with Crippen molar-refractivity contribution >= 4 is 27.3 Å². The minimum atomic E-state index is -3.85. The van der Waals surface area contributed by atoms with Crippen molar-refractivity contribution in [2.24, 2.45) is 5.73 Å². The van der Waals surface area contributed by atoms with Crippen molar-refractivity contribution in [3.05, 3.63) is 58.5 Å². The van der Waals surface area contributed by atoms with Gasteiger partial charge in [0.05, 0.1) is 25.2 Å². The molecule has 1 aromatic carbocycles. The zero-order chi connectivity index (χ0) is 23.1. The van der Waals surface area contributed by atoms with Gasteiger partial charge in [0, 0.05) is 30.3 Å². The highest BCUT2D eigenvalue weighted by Crippen LogP contribution is 2.33. The molecule has 0 fully saturated rings. The Labute approximate surface area is 191 Å². The van der Waals surface area contributed by atoms with Crippen LogP contribution in [-0.4, -0.2) is 63.4 Å². The van der Waals surface area contributed by atoms with Crippen LogP contribution in [-0.2, 0) is 24.3 Å². The van der Waals surface area contributed by atoms with Gasteiger partial charge in [-0.15, -0.1) is 11.3 Å². The van der Waals surface area contributed by atoms with Crippen molar-refractivity contribution in [3.8, 4) is 5.75 Å². The molecule has 0 unspecified atom stereocenters. The van der Waals surface area contributed by atoms with Gasteiger partial charge in [-0.05, 0) is 41.8 Å². The van der Waals surface area contributed by atoms with Gasteiger partial charge in [-0.1, -0.05) is 6.07 Å². The van der Waals surface area contributed by atoms with Gasteiger partial charge in [-0.25, -0.2) is 8.42 Å². The molecule has 32 heavy (non-hydrogen) atoms. The third-order valence-electron chi connectivity index (χ3n) is 4.90. The second kappa shape index (κ2) is 10.9. The van der Waals surface area contributed by atoms with Gasteiger partial charge in [0.1, 0.15) is 5.75 Å². The van der Waals surface area contributed by atoms with E-state index in [1.807, 2.05) is 17.5 Å². The fourth-order valence-electron chi connectivity index (χ4n) is 3.28. The molecule has 1 amide bonds. The fourth-order valence-corrected chi connectivity index (χ4v) is 5.50. The largest absolute Gasteiger partial charge is 0.497 e. The van der Waals surface area contributed by atoms with E-state index in [0.29, 0.717) is 12.2 Å². The van der Waals surface area contributed by atoms with Gasteiger partial charge in [0.2, 0.25) is 16.3 Å². The third kappa shape index (κ3) is 5.87. The summed E-state index contributed by atoms with van der Waals surface area (Å²) in [5.74, 6) is -0.219. The van der Waals surface area contributed by atoms with Crippen LogP contribution in [0.3, 0.4) is 0 Å². The SMILES string of the molecule is COc1ccc(S(=O)(=O)N(CCO)CCO[C@@H]2C[C@H](c3cccs3)C=C(C(N)=O)O2)cc1. The van der Waals surface area contributed by atoms with E-state index in [9.17, 15) is 18.3 Å². The van der Waals surface area contributed by atoms with E-state index in [0.717, 1.165) is 9.18 Å². The molecule has 174 valence electrons. The summed E-state index contributed by atoms with van der Waals surface area (Å²) in [4.78, 5) is 12.8. The first-order valence-electron chi connectivity index (χ1n) is 9.93. The molecule has 2 atom stereocenters. The van der Waals surface area contributed by atoms with Crippen molar-refractivity contribution in [2.75, 3.05) is 33.4 Å². The number of sulfonamides is 1. The summed E-state index contributed by atoms with van der Waals surface area (Å²) in [6.45, 7) is -0.435. The molecule has 0 aliphatic carbocycles. The topological polar surface area (TPSA) is 128 Å². The number of ether oxygens (including phenoxy) is 3. The van der Waals surface area contributed by atoms with E-state index in [2.05, 4.69) is 0 Å². The Bertz CT molecular complexity index is 1020. The van der Waals surface area contributed by atoms with Crippen LogP contribution >= 0.6 is 11.3 Å². The standard InChI is InChI=1S/C21H26N2O7S2/c1-28-16-4-6-17(7-5-16)32(26,27)23(8-10-24)9-11-29-20-14-15(19-3-2-12-31-19)13-18(30-20)21(22)25/h2-7,12-13,15,20,24H,8-11,14H2,1H3,(H2,22,25)/t15-,20+/m1/s1. The molecular formula is C21H26N2O7S2. The molecule has 1 aliphatic rings. The molecule has 11 heteroatoms. The number of carbonyl (C=O) groups is 1. The predicted octanol–water partition coefficient (Wildman–Crippen LogP) is 1.66. The number of amides is 1. The number of benzene rings is 1. The normalized spacial score (nSPS) is 18.8. The van der Waals surface area contributed by atoms with Crippen molar-refractivity contribution in [3.63, 3.8) is 0 Å². The molecule has 9 nitrogen and oxygen atoms in total. The average molecular weight is 483 g/mol. The molecule has 0 saturated heterocycles. The molecule has 3 rings (SSSR count). The summed E-state index contributed by atoms with van der Waals surface area (Å²) < 4.78 is 43.5. The van der Waals surface area contributed by atoms with Crippen LogP contribution in [0.1, 0.15) is 17.2 Å². The summed E-state index contributed by atoms with van der Waals surface area (Å²) in [7, 11) is -2.35. The number of thiophene rings is 1. The monoisotopic (exact) mass is 482 g/mol. The molecule has 0 radical (unpaired) electrons. The quantitative estimate of drug-likeness (QED) is 0.498. The maximum Gasteiger partial charge on any atom is 0.283 e. The van der Waals surface area contributed by atoms with Crippen molar-refractivity contribution in [2.45, 2.75) is 23.5 Å². The number of nitrogens with two attached hydrogens (primary N) is 1. The number of rotatable bonds is 11. The van der Waals surface area contributed by atoms with E-state index in [1.54, 1.807) is 29.5 Å². The third-order valence-corrected chi connectivity index (χ3v) is 7.82. The molecule has 2 aromatic rings. The summed E-state index contributed by atoms with van der Waals surface area (Å²) in [6, 6.07) is 9.87. The molecular weight excluding hydrogens is 456 g/mol. The van der Waals surface area contributed by atoms with E-state index in [1.165, 1.54) is 19.2 Å². The van der Waals surface area contributed by atoms with Gasteiger partial charge < -0.3 is 25.1 Å². The molecule has 0 spiro atoms. The number of carbonyl (C=O) groups excluding carboxylic acids is 1. The zero-order valence-electron chi connectivity index (χ0n) is 17.5. The van der Waals surface area contributed by atoms with Crippen molar-refractivity contribution in [1.29, 1.82) is 0 Å². The summed E-state index contributed by atoms with van der Waals surface area (Å²) >= 11 is 1.55. The Balaban J connectivity index is 1.65. The highest BCUT2D eigenvalue weighted by atomic mass is 32.2. The number of methoxy groups -OCH3 is 1. The minimum Gasteiger partial charge on any atom is -0.497 e. The Morgan fingerprint density at radius 2 is 2.03 bits per heavy atom. The van der Waals surface area contributed by atoms with Crippen molar-refractivity contribution in [1.82, 2.24) is 4.31 Å². The van der Waals surface area contributed by atoms with Gasteiger partial charge in [0.25, 0.3) is 5.91 Å². The van der Waals surface area contributed by atoms with Gasteiger partial charge >= 0.3 is 0 Å². The Hall–Kier alpha value is -2.44. The molecule has 2 heterocycles. The zero-order valence-corrected chi connectivity index (χ0v) is 19.2. The number of allylic oxidation sites excluding steroid dienone is 1. The van der Waals surface area contributed by atoms with Crippen LogP contribution in [0.4, 0.5) is 0 Å². The van der Waals surface area contributed by atoms with Gasteiger partial charge in [0.15, 0.2) is 5.76 Å². The summed E-state index contributed by atoms with van der Waals surface area (Å²) in [6.07, 6.45) is 1.39.